The molecule has 2 aromatic carbocycles. The lowest BCUT2D eigenvalue weighted by molar-refractivity contribution is 0.102. The first-order chi connectivity index (χ1) is 8.99. The number of carbonyl (C=O) groups is 1. The van der Waals surface area contributed by atoms with Crippen LogP contribution in [0.4, 0.5) is 11.4 Å². The number of anilines is 2. The predicted molar refractivity (Wildman–Crippen MR) is 73.3 cm³/mol. The number of carbonyl (C=O) groups excluding carboxylic acids is 1. The van der Waals surface area contributed by atoms with Crippen LogP contribution in [0.1, 0.15) is 15.9 Å². The van der Waals surface area contributed by atoms with E-state index in [1.165, 1.54) is 18.2 Å². The normalized spacial score (nSPS) is 10.2. The number of rotatable bonds is 2. The fourth-order valence-corrected chi connectivity index (χ4v) is 1.73. The molecule has 2 rings (SSSR count). The first kappa shape index (κ1) is 12.8. The zero-order valence-electron chi connectivity index (χ0n) is 10.3. The van der Waals surface area contributed by atoms with Crippen molar-refractivity contribution in [3.8, 4) is 11.5 Å². The molecular formula is C14H14N2O3. The number of nitrogen functional groups attached to an aromatic ring is 1. The van der Waals surface area contributed by atoms with Crippen LogP contribution in [-0.4, -0.2) is 16.1 Å². The molecule has 0 aliphatic rings. The standard InChI is InChI=1S/C14H14N2O3/c1-8-7-9(15)5-6-11(8)16-14(19)10-3-2-4-12(17)13(10)18/h2-7,17-18H,15H2,1H3,(H,16,19). The first-order valence-electron chi connectivity index (χ1n) is 5.67. The molecule has 0 bridgehead atoms. The van der Waals surface area contributed by atoms with Crippen molar-refractivity contribution in [3.05, 3.63) is 47.5 Å². The van der Waals surface area contributed by atoms with Crippen molar-refractivity contribution in [1.82, 2.24) is 0 Å². The number of benzene rings is 2. The Hall–Kier alpha value is -2.69. The minimum Gasteiger partial charge on any atom is -0.504 e. The SMILES string of the molecule is Cc1cc(N)ccc1NC(=O)c1cccc(O)c1O. The molecule has 0 unspecified atom stereocenters. The van der Waals surface area contributed by atoms with Crippen LogP contribution in [0.2, 0.25) is 0 Å². The highest BCUT2D eigenvalue weighted by molar-refractivity contribution is 6.07. The maximum atomic E-state index is 12.0. The topological polar surface area (TPSA) is 95.6 Å². The van der Waals surface area contributed by atoms with Gasteiger partial charge in [-0.25, -0.2) is 0 Å². The van der Waals surface area contributed by atoms with Crippen molar-refractivity contribution in [3.63, 3.8) is 0 Å². The van der Waals surface area contributed by atoms with Gasteiger partial charge < -0.3 is 21.3 Å². The van der Waals surface area contributed by atoms with Gasteiger partial charge in [0, 0.05) is 11.4 Å². The summed E-state index contributed by atoms with van der Waals surface area (Å²) in [6, 6.07) is 9.31. The van der Waals surface area contributed by atoms with E-state index in [0.29, 0.717) is 11.4 Å². The zero-order chi connectivity index (χ0) is 14.0. The predicted octanol–water partition coefficient (Wildman–Crippen LogP) is 2.24. The number of hydrogen-bond donors (Lipinski definition) is 4. The van der Waals surface area contributed by atoms with Crippen LogP contribution >= 0.6 is 0 Å². The molecule has 5 heteroatoms. The molecule has 2 aromatic rings. The van der Waals surface area contributed by atoms with Gasteiger partial charge in [-0.3, -0.25) is 4.79 Å². The van der Waals surface area contributed by atoms with Crippen LogP contribution in [-0.2, 0) is 0 Å². The van der Waals surface area contributed by atoms with Crippen LogP contribution < -0.4 is 11.1 Å². The molecule has 0 fully saturated rings. The minimum absolute atomic E-state index is 0.0104. The summed E-state index contributed by atoms with van der Waals surface area (Å²) in [6.07, 6.45) is 0. The summed E-state index contributed by atoms with van der Waals surface area (Å²) >= 11 is 0. The Morgan fingerprint density at radius 1 is 1.21 bits per heavy atom. The Labute approximate surface area is 110 Å². The summed E-state index contributed by atoms with van der Waals surface area (Å²) in [5, 5.41) is 21.6. The van der Waals surface area contributed by atoms with Crippen LogP contribution in [0.5, 0.6) is 11.5 Å². The molecule has 0 spiro atoms. The maximum absolute atomic E-state index is 12.0. The third kappa shape index (κ3) is 2.60. The van der Waals surface area contributed by atoms with Crippen LogP contribution in [0.25, 0.3) is 0 Å². The zero-order valence-corrected chi connectivity index (χ0v) is 10.3. The molecule has 5 nitrogen and oxygen atoms in total. The number of para-hydroxylation sites is 1. The maximum Gasteiger partial charge on any atom is 0.259 e. The largest absolute Gasteiger partial charge is 0.504 e. The smallest absolute Gasteiger partial charge is 0.259 e. The molecule has 0 radical (unpaired) electrons. The van der Waals surface area contributed by atoms with E-state index in [0.717, 1.165) is 5.56 Å². The average molecular weight is 258 g/mol. The van der Waals surface area contributed by atoms with Crippen LogP contribution in [0, 0.1) is 6.92 Å². The lowest BCUT2D eigenvalue weighted by Gasteiger charge is -2.10. The number of aryl methyl sites for hydroxylation is 1. The van der Waals surface area contributed by atoms with Crippen molar-refractivity contribution in [2.75, 3.05) is 11.1 Å². The van der Waals surface area contributed by atoms with Gasteiger partial charge in [-0.2, -0.15) is 0 Å². The highest BCUT2D eigenvalue weighted by atomic mass is 16.3. The molecule has 98 valence electrons. The Morgan fingerprint density at radius 2 is 1.95 bits per heavy atom. The molecule has 0 saturated carbocycles. The molecule has 19 heavy (non-hydrogen) atoms. The van der Waals surface area contributed by atoms with E-state index in [1.807, 2.05) is 6.92 Å². The first-order valence-corrected chi connectivity index (χ1v) is 5.67. The molecule has 0 heterocycles. The van der Waals surface area contributed by atoms with Crippen molar-refractivity contribution < 1.29 is 15.0 Å². The number of aromatic hydroxyl groups is 2. The van der Waals surface area contributed by atoms with Crippen LogP contribution in [0.3, 0.4) is 0 Å². The third-order valence-corrected chi connectivity index (χ3v) is 2.76. The van der Waals surface area contributed by atoms with Crippen LogP contribution in [0.15, 0.2) is 36.4 Å². The third-order valence-electron chi connectivity index (χ3n) is 2.76. The van der Waals surface area contributed by atoms with Gasteiger partial charge in [-0.1, -0.05) is 6.07 Å². The average Bonchev–Trinajstić information content (AvgIpc) is 2.36. The Balaban J connectivity index is 2.28. The highest BCUT2D eigenvalue weighted by Gasteiger charge is 2.14. The lowest BCUT2D eigenvalue weighted by Crippen LogP contribution is -2.13. The number of phenols is 2. The summed E-state index contributed by atoms with van der Waals surface area (Å²) < 4.78 is 0. The monoisotopic (exact) mass is 258 g/mol. The van der Waals surface area contributed by atoms with Crippen molar-refractivity contribution in [2.45, 2.75) is 6.92 Å². The highest BCUT2D eigenvalue weighted by Crippen LogP contribution is 2.29. The van der Waals surface area contributed by atoms with Gasteiger partial charge in [0.15, 0.2) is 11.5 Å². The van der Waals surface area contributed by atoms with Gasteiger partial charge in [-0.15, -0.1) is 0 Å². The van der Waals surface area contributed by atoms with Gasteiger partial charge in [-0.05, 0) is 42.8 Å². The summed E-state index contributed by atoms with van der Waals surface area (Å²) in [6.45, 7) is 1.81. The summed E-state index contributed by atoms with van der Waals surface area (Å²) in [4.78, 5) is 12.0. The van der Waals surface area contributed by atoms with Gasteiger partial charge >= 0.3 is 0 Å². The number of hydrogen-bond acceptors (Lipinski definition) is 4. The Bertz CT molecular complexity index is 639. The van der Waals surface area contributed by atoms with Gasteiger partial charge in [0.25, 0.3) is 5.91 Å². The van der Waals surface area contributed by atoms with Gasteiger partial charge in [0.1, 0.15) is 0 Å². The molecule has 5 N–H and O–H groups in total. The quantitative estimate of drug-likeness (QED) is 0.490. The number of amides is 1. The van der Waals surface area contributed by atoms with Crippen molar-refractivity contribution in [1.29, 1.82) is 0 Å². The number of nitrogens with one attached hydrogen (secondary N) is 1. The van der Waals surface area contributed by atoms with E-state index in [2.05, 4.69) is 5.32 Å². The second-order valence-electron chi connectivity index (χ2n) is 4.20. The van der Waals surface area contributed by atoms with E-state index >= 15 is 0 Å². The van der Waals surface area contributed by atoms with Crippen molar-refractivity contribution in [2.24, 2.45) is 0 Å². The minimum atomic E-state index is -0.499. The molecule has 0 atom stereocenters. The van der Waals surface area contributed by atoms with E-state index in [9.17, 15) is 15.0 Å². The number of phenolic OH excluding ortho intramolecular Hbond substituents is 2. The van der Waals surface area contributed by atoms with E-state index in [-0.39, 0.29) is 11.3 Å². The summed E-state index contributed by atoms with van der Waals surface area (Å²) in [5.41, 5.74) is 7.66. The molecule has 1 amide bonds. The molecular weight excluding hydrogens is 244 g/mol. The molecule has 0 saturated heterocycles. The van der Waals surface area contributed by atoms with Gasteiger partial charge in [0.05, 0.1) is 5.56 Å². The second kappa shape index (κ2) is 4.89. The van der Waals surface area contributed by atoms with Crippen molar-refractivity contribution >= 4 is 17.3 Å². The Kier molecular flexibility index (Phi) is 3.29. The molecule has 0 aliphatic heterocycles. The summed E-state index contributed by atoms with van der Waals surface area (Å²) in [7, 11) is 0. The van der Waals surface area contributed by atoms with E-state index in [1.54, 1.807) is 18.2 Å². The van der Waals surface area contributed by atoms with E-state index < -0.39 is 11.7 Å². The molecule has 0 aromatic heterocycles. The summed E-state index contributed by atoms with van der Waals surface area (Å²) in [5.74, 6) is -1.27. The molecule has 0 aliphatic carbocycles. The lowest BCUT2D eigenvalue weighted by atomic mass is 10.1. The fraction of sp³-hybridized carbons (Fsp3) is 0.0714. The van der Waals surface area contributed by atoms with E-state index in [4.69, 9.17) is 5.73 Å². The number of nitrogens with two attached hydrogens (primary N) is 1. The fourth-order valence-electron chi connectivity index (χ4n) is 1.73. The van der Waals surface area contributed by atoms with Gasteiger partial charge in [0.2, 0.25) is 0 Å². The second-order valence-corrected chi connectivity index (χ2v) is 4.20. The Morgan fingerprint density at radius 3 is 2.63 bits per heavy atom.